The van der Waals surface area contributed by atoms with Crippen LogP contribution in [0.25, 0.3) is 0 Å². The number of amides is 3. The third-order valence-corrected chi connectivity index (χ3v) is 7.05. The van der Waals surface area contributed by atoms with Crippen molar-refractivity contribution in [2.45, 2.75) is 63.1 Å². The second-order valence-electron chi connectivity index (χ2n) is 9.17. The van der Waals surface area contributed by atoms with Gasteiger partial charge in [-0.1, -0.05) is 33.1 Å². The van der Waals surface area contributed by atoms with Gasteiger partial charge in [0.15, 0.2) is 12.4 Å². The number of halogens is 1. The predicted molar refractivity (Wildman–Crippen MR) is 125 cm³/mol. The van der Waals surface area contributed by atoms with Crippen LogP contribution in [0, 0.1) is 5.92 Å². The summed E-state index contributed by atoms with van der Waals surface area (Å²) in [5.74, 6) is -0.942. The van der Waals surface area contributed by atoms with Gasteiger partial charge in [0.1, 0.15) is 30.5 Å². The molecule has 1 aromatic carbocycles. The number of ether oxygens (including phenoxy) is 2. The summed E-state index contributed by atoms with van der Waals surface area (Å²) >= 11 is 6.38. The molecular formula is C24H30ClN3O6. The van der Waals surface area contributed by atoms with Gasteiger partial charge in [0.25, 0.3) is 11.8 Å². The molecule has 3 aliphatic heterocycles. The maximum Gasteiger partial charge on any atom is 0.262 e. The van der Waals surface area contributed by atoms with E-state index in [-0.39, 0.29) is 43.3 Å². The number of hydrogen-bond donors (Lipinski definition) is 2. The standard InChI is InChI=1S/C24H30ClN3O6/c1-3-4-5-6-13(2)20(24(32)28-10-15(25)22-21(28)17(29)11-34-22)27-23(31)14-7-8-16-18(9-14)33-12-19(30)26-16/h7-9,13,15,20-22H,3-6,10-12H2,1-2H3,(H,26,30)(H,27,31)/t13?,15-,20-,21+,22+/m0/s1. The van der Waals surface area contributed by atoms with Crippen LogP contribution in [0.4, 0.5) is 5.69 Å². The highest BCUT2D eigenvalue weighted by atomic mass is 35.5. The van der Waals surface area contributed by atoms with Crippen molar-refractivity contribution in [3.05, 3.63) is 23.8 Å². The summed E-state index contributed by atoms with van der Waals surface area (Å²) in [5.41, 5.74) is 0.799. The minimum atomic E-state index is -0.822. The molecule has 0 aliphatic carbocycles. The number of carbonyl (C=O) groups is 4. The van der Waals surface area contributed by atoms with E-state index < -0.39 is 29.5 Å². The second-order valence-corrected chi connectivity index (χ2v) is 9.73. The molecule has 3 heterocycles. The number of unbranched alkanes of at least 4 members (excludes halogenated alkanes) is 2. The Balaban J connectivity index is 1.54. The normalized spacial score (nSPS) is 25.1. The van der Waals surface area contributed by atoms with Gasteiger partial charge in [-0.3, -0.25) is 19.2 Å². The van der Waals surface area contributed by atoms with E-state index in [0.29, 0.717) is 17.0 Å². The number of hydrogen-bond acceptors (Lipinski definition) is 6. The van der Waals surface area contributed by atoms with Crippen LogP contribution >= 0.6 is 11.6 Å². The first-order valence-corrected chi connectivity index (χ1v) is 12.2. The number of nitrogens with one attached hydrogen (secondary N) is 2. The maximum atomic E-state index is 13.7. The summed E-state index contributed by atoms with van der Waals surface area (Å²) in [5, 5.41) is 5.11. The molecule has 2 fully saturated rings. The minimum absolute atomic E-state index is 0.0585. The van der Waals surface area contributed by atoms with Crippen molar-refractivity contribution in [2.75, 3.05) is 25.1 Å². The lowest BCUT2D eigenvalue weighted by Crippen LogP contribution is -2.54. The molecule has 0 spiro atoms. The Morgan fingerprint density at radius 3 is 2.82 bits per heavy atom. The highest BCUT2D eigenvalue weighted by Crippen LogP contribution is 2.32. The average molecular weight is 492 g/mol. The molecule has 1 aromatic rings. The van der Waals surface area contributed by atoms with Crippen molar-refractivity contribution in [1.82, 2.24) is 10.2 Å². The summed E-state index contributed by atoms with van der Waals surface area (Å²) in [6, 6.07) is 3.18. The van der Waals surface area contributed by atoms with Gasteiger partial charge in [-0.05, 0) is 30.5 Å². The molecule has 184 valence electrons. The van der Waals surface area contributed by atoms with Crippen LogP contribution in [-0.2, 0) is 19.1 Å². The first kappa shape index (κ1) is 24.5. The summed E-state index contributed by atoms with van der Waals surface area (Å²) in [4.78, 5) is 52.2. The van der Waals surface area contributed by atoms with Crippen LogP contribution < -0.4 is 15.4 Å². The molecule has 0 radical (unpaired) electrons. The number of rotatable bonds is 8. The lowest BCUT2D eigenvalue weighted by molar-refractivity contribution is -0.139. The van der Waals surface area contributed by atoms with Gasteiger partial charge in [-0.25, -0.2) is 0 Å². The number of fused-ring (bicyclic) bond motifs is 2. The fraction of sp³-hybridized carbons (Fsp3) is 0.583. The molecule has 2 saturated heterocycles. The van der Waals surface area contributed by atoms with Crippen LogP contribution in [0.2, 0.25) is 0 Å². The maximum absolute atomic E-state index is 13.7. The zero-order valence-corrected chi connectivity index (χ0v) is 20.1. The Hall–Kier alpha value is -2.65. The van der Waals surface area contributed by atoms with Crippen LogP contribution in [0.5, 0.6) is 5.75 Å². The number of Topliss-reactive ketones (excluding diaryl/α,β-unsaturated/α-hetero) is 1. The number of ketones is 1. The lowest BCUT2D eigenvalue weighted by Gasteiger charge is -2.31. The average Bonchev–Trinajstić information content (AvgIpc) is 3.37. The topological polar surface area (TPSA) is 114 Å². The zero-order valence-electron chi connectivity index (χ0n) is 19.3. The highest BCUT2D eigenvalue weighted by Gasteiger charge is 2.53. The monoisotopic (exact) mass is 491 g/mol. The molecular weight excluding hydrogens is 462 g/mol. The Morgan fingerprint density at radius 1 is 1.26 bits per heavy atom. The SMILES string of the molecule is CCCCCC(C)[C@H](NC(=O)c1ccc2c(c1)OCC(=O)N2)C(=O)N1C[C@H](Cl)[C@H]2OCC(=O)[C@H]21. The number of benzene rings is 1. The first-order chi connectivity index (χ1) is 16.3. The van der Waals surface area contributed by atoms with E-state index >= 15 is 0 Å². The van der Waals surface area contributed by atoms with Crippen LogP contribution in [-0.4, -0.2) is 71.7 Å². The van der Waals surface area contributed by atoms with Crippen LogP contribution in [0.1, 0.15) is 49.9 Å². The molecule has 0 saturated carbocycles. The van der Waals surface area contributed by atoms with E-state index in [0.717, 1.165) is 25.7 Å². The fourth-order valence-electron chi connectivity index (χ4n) is 4.77. The molecule has 5 atom stereocenters. The molecule has 2 N–H and O–H groups in total. The molecule has 0 bridgehead atoms. The van der Waals surface area contributed by atoms with Gasteiger partial charge in [0, 0.05) is 12.1 Å². The van der Waals surface area contributed by atoms with Crippen LogP contribution in [0.15, 0.2) is 18.2 Å². The Labute approximate surface area is 203 Å². The van der Waals surface area contributed by atoms with Gasteiger partial charge < -0.3 is 25.0 Å². The van der Waals surface area contributed by atoms with Crippen molar-refractivity contribution in [2.24, 2.45) is 5.92 Å². The number of anilines is 1. The van der Waals surface area contributed by atoms with Gasteiger partial charge in [0.2, 0.25) is 5.91 Å². The Bertz CT molecular complexity index is 985. The van der Waals surface area contributed by atoms with Crippen molar-refractivity contribution >= 4 is 40.8 Å². The van der Waals surface area contributed by atoms with Crippen LogP contribution in [0.3, 0.4) is 0 Å². The molecule has 3 amide bonds. The van der Waals surface area contributed by atoms with E-state index in [2.05, 4.69) is 17.6 Å². The summed E-state index contributed by atoms with van der Waals surface area (Å²) in [6.45, 7) is 4.05. The van der Waals surface area contributed by atoms with Gasteiger partial charge in [-0.15, -0.1) is 11.6 Å². The largest absolute Gasteiger partial charge is 0.482 e. The summed E-state index contributed by atoms with van der Waals surface area (Å²) in [6.07, 6.45) is 3.23. The van der Waals surface area contributed by atoms with E-state index in [9.17, 15) is 19.2 Å². The molecule has 9 nitrogen and oxygen atoms in total. The molecule has 1 unspecified atom stereocenters. The Morgan fingerprint density at radius 2 is 2.06 bits per heavy atom. The van der Waals surface area contributed by atoms with Gasteiger partial charge in [-0.2, -0.15) is 0 Å². The molecule has 10 heteroatoms. The van der Waals surface area contributed by atoms with E-state index in [1.807, 2.05) is 6.92 Å². The number of likely N-dealkylation sites (tertiary alicyclic amines) is 1. The van der Waals surface area contributed by atoms with Crippen molar-refractivity contribution in [3.8, 4) is 5.75 Å². The summed E-state index contributed by atoms with van der Waals surface area (Å²) < 4.78 is 10.9. The molecule has 0 aromatic heterocycles. The quantitative estimate of drug-likeness (QED) is 0.425. The smallest absolute Gasteiger partial charge is 0.262 e. The summed E-state index contributed by atoms with van der Waals surface area (Å²) in [7, 11) is 0. The van der Waals surface area contributed by atoms with E-state index in [4.69, 9.17) is 21.1 Å². The fourth-order valence-corrected chi connectivity index (χ4v) is 5.13. The van der Waals surface area contributed by atoms with E-state index in [1.54, 1.807) is 18.2 Å². The third kappa shape index (κ3) is 4.90. The second kappa shape index (κ2) is 10.3. The minimum Gasteiger partial charge on any atom is -0.482 e. The predicted octanol–water partition coefficient (Wildman–Crippen LogP) is 2.12. The van der Waals surface area contributed by atoms with Gasteiger partial charge in [0.05, 0.1) is 11.1 Å². The lowest BCUT2D eigenvalue weighted by atomic mass is 9.93. The first-order valence-electron chi connectivity index (χ1n) is 11.8. The van der Waals surface area contributed by atoms with Gasteiger partial charge >= 0.3 is 0 Å². The number of alkyl halides is 1. The zero-order chi connectivity index (χ0) is 24.4. The van der Waals surface area contributed by atoms with Crippen molar-refractivity contribution in [3.63, 3.8) is 0 Å². The molecule has 4 rings (SSSR count). The molecule has 34 heavy (non-hydrogen) atoms. The van der Waals surface area contributed by atoms with Crippen molar-refractivity contribution in [1.29, 1.82) is 0 Å². The highest BCUT2D eigenvalue weighted by molar-refractivity contribution is 6.22. The number of nitrogens with zero attached hydrogens (tertiary/aromatic N) is 1. The number of carbonyl (C=O) groups excluding carboxylic acids is 4. The Kier molecular flexibility index (Phi) is 7.42. The van der Waals surface area contributed by atoms with E-state index in [1.165, 1.54) is 4.90 Å². The third-order valence-electron chi connectivity index (χ3n) is 6.67. The molecule has 3 aliphatic rings. The van der Waals surface area contributed by atoms with Crippen molar-refractivity contribution < 1.29 is 28.7 Å².